The van der Waals surface area contributed by atoms with E-state index in [-0.39, 0.29) is 31.3 Å². The van der Waals surface area contributed by atoms with E-state index in [0.717, 1.165) is 0 Å². The summed E-state index contributed by atoms with van der Waals surface area (Å²) in [6, 6.07) is 8.92. The number of anilines is 1. The number of aliphatic carboxylic acids is 1. The SMILES string of the molecule is O=C(O)CCC/C=C\CC1C(O)CC(O)C1COC(=O)Nc1ccccc1. The van der Waals surface area contributed by atoms with Crippen LogP contribution in [0.25, 0.3) is 0 Å². The molecule has 1 amide bonds. The molecule has 148 valence electrons. The van der Waals surface area contributed by atoms with E-state index in [2.05, 4.69) is 5.32 Å². The van der Waals surface area contributed by atoms with E-state index in [1.54, 1.807) is 24.3 Å². The smallest absolute Gasteiger partial charge is 0.411 e. The third-order valence-corrected chi connectivity index (χ3v) is 4.78. The van der Waals surface area contributed by atoms with Crippen molar-refractivity contribution in [3.05, 3.63) is 42.5 Å². The van der Waals surface area contributed by atoms with Crippen molar-refractivity contribution in [1.82, 2.24) is 0 Å². The van der Waals surface area contributed by atoms with Gasteiger partial charge in [0.05, 0.1) is 18.8 Å². The first-order valence-corrected chi connectivity index (χ1v) is 9.19. The molecule has 1 aliphatic rings. The van der Waals surface area contributed by atoms with Crippen LogP contribution in [0.15, 0.2) is 42.5 Å². The van der Waals surface area contributed by atoms with E-state index in [0.29, 0.717) is 24.9 Å². The molecular formula is C20H27NO6. The number of unbranched alkanes of at least 4 members (excludes halogenated alkanes) is 1. The zero-order chi connectivity index (χ0) is 19.6. The summed E-state index contributed by atoms with van der Waals surface area (Å²) in [6.45, 7) is 0.0222. The quantitative estimate of drug-likeness (QED) is 0.388. The van der Waals surface area contributed by atoms with Crippen LogP contribution in [0.1, 0.15) is 32.1 Å². The normalized spacial score (nSPS) is 24.8. The predicted octanol–water partition coefficient (Wildman–Crippen LogP) is 2.79. The highest BCUT2D eigenvalue weighted by Crippen LogP contribution is 2.35. The summed E-state index contributed by atoms with van der Waals surface area (Å²) < 4.78 is 5.24. The fourth-order valence-corrected chi connectivity index (χ4v) is 3.32. The number of hydrogen-bond donors (Lipinski definition) is 4. The lowest BCUT2D eigenvalue weighted by atomic mass is 9.91. The Morgan fingerprint density at radius 3 is 2.52 bits per heavy atom. The fraction of sp³-hybridized carbons (Fsp3) is 0.500. The van der Waals surface area contributed by atoms with Crippen molar-refractivity contribution in [3.63, 3.8) is 0 Å². The number of ether oxygens (including phenoxy) is 1. The lowest BCUT2D eigenvalue weighted by Gasteiger charge is -2.22. The number of benzene rings is 1. The number of carbonyl (C=O) groups is 2. The monoisotopic (exact) mass is 377 g/mol. The van der Waals surface area contributed by atoms with E-state index in [1.165, 1.54) is 0 Å². The topological polar surface area (TPSA) is 116 Å². The van der Waals surface area contributed by atoms with Crippen molar-refractivity contribution >= 4 is 17.7 Å². The Balaban J connectivity index is 1.79. The number of aliphatic hydroxyl groups excluding tert-OH is 2. The Morgan fingerprint density at radius 2 is 1.81 bits per heavy atom. The van der Waals surface area contributed by atoms with E-state index in [9.17, 15) is 19.8 Å². The van der Waals surface area contributed by atoms with Crippen LogP contribution in [0.3, 0.4) is 0 Å². The van der Waals surface area contributed by atoms with Gasteiger partial charge in [-0.1, -0.05) is 30.4 Å². The maximum atomic E-state index is 11.9. The van der Waals surface area contributed by atoms with Gasteiger partial charge in [-0.25, -0.2) is 4.79 Å². The molecule has 0 spiro atoms. The second-order valence-electron chi connectivity index (χ2n) is 6.78. The number of carbonyl (C=O) groups excluding carboxylic acids is 1. The van der Waals surface area contributed by atoms with Gasteiger partial charge in [0, 0.05) is 18.0 Å². The Kier molecular flexibility index (Phi) is 8.29. The van der Waals surface area contributed by atoms with Crippen molar-refractivity contribution < 1.29 is 29.6 Å². The number of amides is 1. The number of allylic oxidation sites excluding steroid dienone is 2. The van der Waals surface area contributed by atoms with Gasteiger partial charge in [-0.05, 0) is 43.7 Å². The average molecular weight is 377 g/mol. The number of carboxylic acids is 1. The first-order chi connectivity index (χ1) is 13.0. The number of carboxylic acid groups (broad SMARTS) is 1. The van der Waals surface area contributed by atoms with Gasteiger partial charge in [-0.15, -0.1) is 0 Å². The summed E-state index contributed by atoms with van der Waals surface area (Å²) in [6.07, 6.45) is 3.94. The molecule has 1 saturated carbocycles. The zero-order valence-corrected chi connectivity index (χ0v) is 15.2. The highest BCUT2D eigenvalue weighted by molar-refractivity contribution is 5.84. The maximum absolute atomic E-state index is 11.9. The summed E-state index contributed by atoms with van der Waals surface area (Å²) in [5.41, 5.74) is 0.621. The Labute approximate surface area is 158 Å². The van der Waals surface area contributed by atoms with Gasteiger partial charge in [0.25, 0.3) is 0 Å². The van der Waals surface area contributed by atoms with Crippen molar-refractivity contribution in [2.24, 2.45) is 11.8 Å². The van der Waals surface area contributed by atoms with Gasteiger partial charge >= 0.3 is 12.1 Å². The minimum absolute atomic E-state index is 0.0222. The van der Waals surface area contributed by atoms with E-state index < -0.39 is 24.3 Å². The van der Waals surface area contributed by atoms with Gasteiger partial charge in [0.1, 0.15) is 0 Å². The number of rotatable bonds is 9. The second kappa shape index (κ2) is 10.7. The summed E-state index contributed by atoms with van der Waals surface area (Å²) in [7, 11) is 0. The highest BCUT2D eigenvalue weighted by atomic mass is 16.5. The van der Waals surface area contributed by atoms with Crippen molar-refractivity contribution in [2.75, 3.05) is 11.9 Å². The molecule has 0 saturated heterocycles. The molecule has 7 nitrogen and oxygen atoms in total. The van der Waals surface area contributed by atoms with E-state index in [4.69, 9.17) is 9.84 Å². The molecule has 4 unspecified atom stereocenters. The van der Waals surface area contributed by atoms with E-state index in [1.807, 2.05) is 18.2 Å². The predicted molar refractivity (Wildman–Crippen MR) is 100 cm³/mol. The first kappa shape index (κ1) is 20.9. The number of nitrogens with one attached hydrogen (secondary N) is 1. The first-order valence-electron chi connectivity index (χ1n) is 9.19. The van der Waals surface area contributed by atoms with Crippen LogP contribution in [0, 0.1) is 11.8 Å². The molecule has 1 aromatic rings. The third-order valence-electron chi connectivity index (χ3n) is 4.78. The average Bonchev–Trinajstić information content (AvgIpc) is 2.89. The van der Waals surface area contributed by atoms with Crippen LogP contribution in [0.2, 0.25) is 0 Å². The number of para-hydroxylation sites is 1. The van der Waals surface area contributed by atoms with Crippen LogP contribution in [0.5, 0.6) is 0 Å². The second-order valence-corrected chi connectivity index (χ2v) is 6.78. The molecule has 7 heteroatoms. The van der Waals surface area contributed by atoms with Gasteiger partial charge in [0.15, 0.2) is 0 Å². The molecule has 1 aromatic carbocycles. The molecular weight excluding hydrogens is 350 g/mol. The standard InChI is InChI=1S/C20H27NO6/c22-17-12-18(23)16(15(17)10-6-1-2-7-11-19(24)25)13-27-20(26)21-14-8-4-3-5-9-14/h1,3-6,8-9,15-18,22-23H,2,7,10-13H2,(H,21,26)(H,24,25)/b6-1-. The molecule has 4 atom stereocenters. The highest BCUT2D eigenvalue weighted by Gasteiger charge is 2.41. The third kappa shape index (κ3) is 7.03. The summed E-state index contributed by atoms with van der Waals surface area (Å²) in [4.78, 5) is 22.4. The van der Waals surface area contributed by atoms with Crippen LogP contribution >= 0.6 is 0 Å². The molecule has 2 rings (SSSR count). The molecule has 1 fully saturated rings. The lowest BCUT2D eigenvalue weighted by molar-refractivity contribution is -0.137. The Bertz CT molecular complexity index is 633. The maximum Gasteiger partial charge on any atom is 0.411 e. The molecule has 0 aromatic heterocycles. The van der Waals surface area contributed by atoms with Crippen molar-refractivity contribution in [3.8, 4) is 0 Å². The van der Waals surface area contributed by atoms with Gasteiger partial charge in [-0.3, -0.25) is 10.1 Å². The molecule has 0 radical (unpaired) electrons. The summed E-state index contributed by atoms with van der Waals surface area (Å²) >= 11 is 0. The van der Waals surface area contributed by atoms with Crippen molar-refractivity contribution in [1.29, 1.82) is 0 Å². The summed E-state index contributed by atoms with van der Waals surface area (Å²) in [5.74, 6) is -1.37. The zero-order valence-electron chi connectivity index (χ0n) is 15.2. The van der Waals surface area contributed by atoms with Crippen LogP contribution in [-0.2, 0) is 9.53 Å². The Morgan fingerprint density at radius 1 is 1.11 bits per heavy atom. The summed E-state index contributed by atoms with van der Waals surface area (Å²) in [5, 5.41) is 31.6. The molecule has 4 N–H and O–H groups in total. The van der Waals surface area contributed by atoms with Crippen LogP contribution < -0.4 is 5.32 Å². The van der Waals surface area contributed by atoms with Crippen LogP contribution in [-0.4, -0.2) is 46.2 Å². The molecule has 0 bridgehead atoms. The number of hydrogen-bond acceptors (Lipinski definition) is 5. The van der Waals surface area contributed by atoms with Crippen molar-refractivity contribution in [2.45, 2.75) is 44.3 Å². The number of aliphatic hydroxyl groups is 2. The lowest BCUT2D eigenvalue weighted by Crippen LogP contribution is -2.28. The fourth-order valence-electron chi connectivity index (χ4n) is 3.32. The largest absolute Gasteiger partial charge is 0.481 e. The van der Waals surface area contributed by atoms with Gasteiger partial charge in [0.2, 0.25) is 0 Å². The molecule has 0 heterocycles. The Hall–Kier alpha value is -2.38. The molecule has 0 aliphatic heterocycles. The van der Waals surface area contributed by atoms with Gasteiger partial charge in [-0.2, -0.15) is 0 Å². The van der Waals surface area contributed by atoms with Gasteiger partial charge < -0.3 is 20.1 Å². The van der Waals surface area contributed by atoms with E-state index >= 15 is 0 Å². The van der Waals surface area contributed by atoms with Crippen LogP contribution in [0.4, 0.5) is 10.5 Å². The minimum atomic E-state index is -0.816. The molecule has 1 aliphatic carbocycles. The minimum Gasteiger partial charge on any atom is -0.481 e. The molecule has 27 heavy (non-hydrogen) atoms.